The van der Waals surface area contributed by atoms with Gasteiger partial charge in [-0.05, 0) is 58.7 Å². The fourth-order valence-electron chi connectivity index (χ4n) is 4.52. The van der Waals surface area contributed by atoms with Crippen molar-refractivity contribution in [2.45, 2.75) is 104 Å². The average molecular weight is 354 g/mol. The molecular weight excluding hydrogens is 304 g/mol. The Morgan fingerprint density at radius 2 is 1.20 bits per heavy atom. The zero-order chi connectivity index (χ0) is 18.2. The molecule has 2 heterocycles. The van der Waals surface area contributed by atoms with Crippen molar-refractivity contribution in [3.63, 3.8) is 0 Å². The summed E-state index contributed by atoms with van der Waals surface area (Å²) in [6.07, 6.45) is 18.7. The summed E-state index contributed by atoms with van der Waals surface area (Å²) in [4.78, 5) is 2.62. The Bertz CT molecular complexity index is 278. The third kappa shape index (κ3) is 10.6. The van der Waals surface area contributed by atoms with Crippen molar-refractivity contribution in [2.24, 2.45) is 0 Å². The quantitative estimate of drug-likeness (QED) is 0.296. The fourth-order valence-corrected chi connectivity index (χ4v) is 4.52. The van der Waals surface area contributed by atoms with Crippen molar-refractivity contribution in [1.29, 1.82) is 0 Å². The molecule has 2 aliphatic heterocycles. The SMILES string of the molecule is CCCCCCCN1CCCC1.CCCCCC[N+]1(CC)CCCC1. The number of hydrogen-bond acceptors (Lipinski definition) is 1. The van der Waals surface area contributed by atoms with Gasteiger partial charge in [-0.2, -0.15) is 0 Å². The van der Waals surface area contributed by atoms with Crippen LogP contribution in [0.25, 0.3) is 0 Å². The third-order valence-corrected chi connectivity index (χ3v) is 6.45. The van der Waals surface area contributed by atoms with Crippen LogP contribution in [0, 0.1) is 0 Å². The second kappa shape index (κ2) is 15.0. The third-order valence-electron chi connectivity index (χ3n) is 6.45. The van der Waals surface area contributed by atoms with E-state index in [1.165, 1.54) is 134 Å². The predicted octanol–water partition coefficient (Wildman–Crippen LogP) is 6.25. The van der Waals surface area contributed by atoms with E-state index in [-0.39, 0.29) is 0 Å². The van der Waals surface area contributed by atoms with Crippen molar-refractivity contribution < 1.29 is 4.48 Å². The molecule has 2 rings (SSSR count). The molecule has 0 aromatic heterocycles. The molecule has 0 amide bonds. The lowest BCUT2D eigenvalue weighted by Crippen LogP contribution is -2.45. The Balaban J connectivity index is 0.000000251. The Morgan fingerprint density at radius 1 is 0.640 bits per heavy atom. The van der Waals surface area contributed by atoms with Crippen LogP contribution < -0.4 is 0 Å². The molecular formula is C23H49N2+. The minimum Gasteiger partial charge on any atom is -0.324 e. The monoisotopic (exact) mass is 353 g/mol. The van der Waals surface area contributed by atoms with Crippen LogP contribution >= 0.6 is 0 Å². The summed E-state index contributed by atoms with van der Waals surface area (Å²) in [5, 5.41) is 0. The zero-order valence-corrected chi connectivity index (χ0v) is 18.0. The number of rotatable bonds is 12. The van der Waals surface area contributed by atoms with Gasteiger partial charge in [-0.25, -0.2) is 0 Å². The number of quaternary nitrogens is 1. The molecule has 0 radical (unpaired) electrons. The highest BCUT2D eigenvalue weighted by Gasteiger charge is 2.28. The number of unbranched alkanes of at least 4 members (excludes halogenated alkanes) is 7. The van der Waals surface area contributed by atoms with Crippen molar-refractivity contribution in [1.82, 2.24) is 4.90 Å². The maximum absolute atomic E-state index is 2.62. The number of hydrogen-bond donors (Lipinski definition) is 0. The molecule has 0 N–H and O–H groups in total. The van der Waals surface area contributed by atoms with E-state index in [0.29, 0.717) is 0 Å². The molecule has 0 aliphatic carbocycles. The van der Waals surface area contributed by atoms with Gasteiger partial charge in [-0.1, -0.05) is 52.4 Å². The number of nitrogens with zero attached hydrogens (tertiary/aromatic N) is 2. The van der Waals surface area contributed by atoms with Gasteiger partial charge in [0.15, 0.2) is 0 Å². The standard InChI is InChI=1S/C12H26N.C11H23N/c1-3-5-6-7-10-13(4-2)11-8-9-12-13;1-2-3-4-5-6-9-12-10-7-8-11-12/h3-12H2,1-2H3;2-11H2,1H3/q+1;. The van der Waals surface area contributed by atoms with Crippen LogP contribution in [-0.4, -0.2) is 55.2 Å². The molecule has 0 aromatic carbocycles. The molecule has 2 aliphatic rings. The molecule has 2 saturated heterocycles. The van der Waals surface area contributed by atoms with Crippen molar-refractivity contribution in [3.8, 4) is 0 Å². The molecule has 150 valence electrons. The molecule has 0 unspecified atom stereocenters. The van der Waals surface area contributed by atoms with E-state index in [4.69, 9.17) is 0 Å². The number of likely N-dealkylation sites (tertiary alicyclic amines) is 2. The van der Waals surface area contributed by atoms with E-state index < -0.39 is 0 Å². The molecule has 0 spiro atoms. The van der Waals surface area contributed by atoms with Crippen LogP contribution in [0.1, 0.15) is 104 Å². The van der Waals surface area contributed by atoms with Crippen molar-refractivity contribution in [2.75, 3.05) is 45.8 Å². The average Bonchev–Trinajstić information content (AvgIpc) is 3.32. The van der Waals surface area contributed by atoms with Crippen LogP contribution in [0.5, 0.6) is 0 Å². The summed E-state index contributed by atoms with van der Waals surface area (Å²) in [6, 6.07) is 0. The normalized spacial score (nSPS) is 19.8. The highest BCUT2D eigenvalue weighted by Crippen LogP contribution is 2.20. The molecule has 0 bridgehead atoms. The summed E-state index contributed by atoms with van der Waals surface area (Å²) >= 11 is 0. The van der Waals surface area contributed by atoms with E-state index in [2.05, 4.69) is 25.7 Å². The molecule has 0 atom stereocenters. The first-order valence-corrected chi connectivity index (χ1v) is 11.8. The topological polar surface area (TPSA) is 3.24 Å². The highest BCUT2D eigenvalue weighted by atomic mass is 15.4. The molecule has 2 heteroatoms. The Labute approximate surface area is 159 Å². The lowest BCUT2D eigenvalue weighted by molar-refractivity contribution is -0.915. The van der Waals surface area contributed by atoms with E-state index >= 15 is 0 Å². The summed E-state index contributed by atoms with van der Waals surface area (Å²) in [7, 11) is 0. The summed E-state index contributed by atoms with van der Waals surface area (Å²) in [6.45, 7) is 16.8. The largest absolute Gasteiger partial charge is 0.324 e. The lowest BCUT2D eigenvalue weighted by Gasteiger charge is -2.33. The zero-order valence-electron chi connectivity index (χ0n) is 18.0. The van der Waals surface area contributed by atoms with Crippen LogP contribution in [-0.2, 0) is 0 Å². The van der Waals surface area contributed by atoms with Gasteiger partial charge >= 0.3 is 0 Å². The summed E-state index contributed by atoms with van der Waals surface area (Å²) in [5.74, 6) is 0. The van der Waals surface area contributed by atoms with E-state index in [1.807, 2.05) is 0 Å². The smallest absolute Gasteiger partial charge is 0.0788 e. The van der Waals surface area contributed by atoms with Gasteiger partial charge < -0.3 is 9.38 Å². The minimum atomic E-state index is 1.36. The first-order chi connectivity index (χ1) is 12.3. The van der Waals surface area contributed by atoms with Crippen LogP contribution in [0.3, 0.4) is 0 Å². The van der Waals surface area contributed by atoms with Gasteiger partial charge in [0.05, 0.1) is 26.2 Å². The van der Waals surface area contributed by atoms with Gasteiger partial charge in [-0.3, -0.25) is 0 Å². The summed E-state index contributed by atoms with van der Waals surface area (Å²) in [5.41, 5.74) is 0. The summed E-state index contributed by atoms with van der Waals surface area (Å²) < 4.78 is 1.43. The van der Waals surface area contributed by atoms with Crippen LogP contribution in [0.15, 0.2) is 0 Å². The second-order valence-corrected chi connectivity index (χ2v) is 8.56. The van der Waals surface area contributed by atoms with Gasteiger partial charge in [0, 0.05) is 12.8 Å². The van der Waals surface area contributed by atoms with E-state index in [9.17, 15) is 0 Å². The van der Waals surface area contributed by atoms with Crippen LogP contribution in [0.4, 0.5) is 0 Å². The Hall–Kier alpha value is -0.0800. The van der Waals surface area contributed by atoms with Crippen molar-refractivity contribution >= 4 is 0 Å². The Kier molecular flexibility index (Phi) is 13.8. The van der Waals surface area contributed by atoms with E-state index in [1.54, 1.807) is 0 Å². The molecule has 0 saturated carbocycles. The molecule has 25 heavy (non-hydrogen) atoms. The van der Waals surface area contributed by atoms with Gasteiger partial charge in [0.2, 0.25) is 0 Å². The first kappa shape index (κ1) is 23.0. The maximum atomic E-state index is 2.62. The second-order valence-electron chi connectivity index (χ2n) is 8.56. The van der Waals surface area contributed by atoms with Gasteiger partial charge in [-0.15, -0.1) is 0 Å². The molecule has 2 fully saturated rings. The van der Waals surface area contributed by atoms with Crippen molar-refractivity contribution in [3.05, 3.63) is 0 Å². The maximum Gasteiger partial charge on any atom is 0.0788 e. The minimum absolute atomic E-state index is 1.36. The van der Waals surface area contributed by atoms with E-state index in [0.717, 1.165) is 0 Å². The Morgan fingerprint density at radius 3 is 1.76 bits per heavy atom. The van der Waals surface area contributed by atoms with Gasteiger partial charge in [0.1, 0.15) is 0 Å². The first-order valence-electron chi connectivity index (χ1n) is 11.8. The fraction of sp³-hybridized carbons (Fsp3) is 1.00. The van der Waals surface area contributed by atoms with Gasteiger partial charge in [0.25, 0.3) is 0 Å². The molecule has 2 nitrogen and oxygen atoms in total. The molecule has 0 aromatic rings. The van der Waals surface area contributed by atoms with Crippen LogP contribution in [0.2, 0.25) is 0 Å². The predicted molar refractivity (Wildman–Crippen MR) is 113 cm³/mol. The lowest BCUT2D eigenvalue weighted by atomic mass is 10.1. The highest BCUT2D eigenvalue weighted by molar-refractivity contribution is 4.65.